The lowest BCUT2D eigenvalue weighted by Gasteiger charge is -2.16. The predicted octanol–water partition coefficient (Wildman–Crippen LogP) is 5.23. The van der Waals surface area contributed by atoms with Crippen LogP contribution in [-0.2, 0) is 5.41 Å². The Morgan fingerprint density at radius 3 is 2.65 bits per heavy atom. The minimum atomic E-state index is 0.0359. The van der Waals surface area contributed by atoms with Crippen molar-refractivity contribution in [2.45, 2.75) is 58.3 Å². The molecule has 23 heavy (non-hydrogen) atoms. The van der Waals surface area contributed by atoms with Crippen LogP contribution in [0.25, 0.3) is 0 Å². The average molecular weight is 312 g/mol. The second kappa shape index (κ2) is 6.51. The van der Waals surface area contributed by atoms with Crippen molar-refractivity contribution in [2.24, 2.45) is 5.92 Å². The Balaban J connectivity index is 2.01. The largest absolute Gasteiger partial charge is 0.497 e. The molecule has 0 amide bonds. The minimum Gasteiger partial charge on any atom is -0.497 e. The standard InChI is InChI=1S/C21H30NO/c1-5-14-22-19-12-11-17(23-4)15-18(19)21(2,3)20(22)13-10-16-8-6-7-9-16/h10-13,15-16H,5-9,14H2,1-4H3/q+1. The van der Waals surface area contributed by atoms with Gasteiger partial charge >= 0.3 is 0 Å². The van der Waals surface area contributed by atoms with Crippen LogP contribution in [0.2, 0.25) is 0 Å². The maximum absolute atomic E-state index is 5.46. The van der Waals surface area contributed by atoms with Gasteiger partial charge < -0.3 is 4.74 Å². The lowest BCUT2D eigenvalue weighted by molar-refractivity contribution is -0.437. The van der Waals surface area contributed by atoms with E-state index in [0.29, 0.717) is 0 Å². The van der Waals surface area contributed by atoms with E-state index in [2.05, 4.69) is 55.7 Å². The molecule has 2 heteroatoms. The predicted molar refractivity (Wildman–Crippen MR) is 97.2 cm³/mol. The highest BCUT2D eigenvalue weighted by Gasteiger charge is 2.44. The molecule has 1 fully saturated rings. The zero-order chi connectivity index (χ0) is 16.4. The molecule has 1 saturated carbocycles. The van der Waals surface area contributed by atoms with Crippen LogP contribution in [0, 0.1) is 5.92 Å². The summed E-state index contributed by atoms with van der Waals surface area (Å²) in [6.45, 7) is 8.02. The smallest absolute Gasteiger partial charge is 0.210 e. The van der Waals surface area contributed by atoms with E-state index in [1.54, 1.807) is 7.11 Å². The summed E-state index contributed by atoms with van der Waals surface area (Å²) in [5.41, 5.74) is 4.21. The van der Waals surface area contributed by atoms with Gasteiger partial charge in [-0.25, -0.2) is 0 Å². The molecule has 1 aliphatic heterocycles. The topological polar surface area (TPSA) is 12.2 Å². The first-order valence-electron chi connectivity index (χ1n) is 9.09. The van der Waals surface area contributed by atoms with Crippen molar-refractivity contribution in [1.29, 1.82) is 0 Å². The maximum atomic E-state index is 5.46. The summed E-state index contributed by atoms with van der Waals surface area (Å²) in [6, 6.07) is 6.53. The summed E-state index contributed by atoms with van der Waals surface area (Å²) >= 11 is 0. The molecule has 0 saturated heterocycles. The van der Waals surface area contributed by atoms with Crippen LogP contribution >= 0.6 is 0 Å². The SMILES string of the molecule is CCC[N+]1=C(C=CC2CCCC2)C(C)(C)c2cc(OC)ccc21. The van der Waals surface area contributed by atoms with Crippen LogP contribution in [-0.4, -0.2) is 23.9 Å². The Hall–Kier alpha value is -1.57. The van der Waals surface area contributed by atoms with Gasteiger partial charge in [-0.15, -0.1) is 0 Å². The number of rotatable bonds is 5. The fourth-order valence-corrected chi connectivity index (χ4v) is 4.12. The number of benzene rings is 1. The summed E-state index contributed by atoms with van der Waals surface area (Å²) in [4.78, 5) is 0. The zero-order valence-corrected chi connectivity index (χ0v) is 15.1. The number of methoxy groups -OCH3 is 1. The van der Waals surface area contributed by atoms with Crippen LogP contribution in [0.1, 0.15) is 58.4 Å². The third-order valence-corrected chi connectivity index (χ3v) is 5.47. The first-order chi connectivity index (χ1) is 11.1. The van der Waals surface area contributed by atoms with Crippen molar-refractivity contribution in [3.8, 4) is 5.75 Å². The summed E-state index contributed by atoms with van der Waals surface area (Å²) in [7, 11) is 1.75. The van der Waals surface area contributed by atoms with Crippen LogP contribution in [0.4, 0.5) is 5.69 Å². The van der Waals surface area contributed by atoms with Crippen molar-refractivity contribution in [3.63, 3.8) is 0 Å². The van der Waals surface area contributed by atoms with E-state index in [1.165, 1.54) is 42.6 Å². The number of fused-ring (bicyclic) bond motifs is 1. The minimum absolute atomic E-state index is 0.0359. The normalized spacial score (nSPS) is 20.5. The molecule has 1 aliphatic carbocycles. The Labute approximate surface area is 140 Å². The van der Waals surface area contributed by atoms with Crippen molar-refractivity contribution < 1.29 is 9.31 Å². The molecule has 0 atom stereocenters. The Bertz CT molecular complexity index is 633. The van der Waals surface area contributed by atoms with Crippen molar-refractivity contribution in [1.82, 2.24) is 0 Å². The number of hydrogen-bond donors (Lipinski definition) is 0. The van der Waals surface area contributed by atoms with E-state index < -0.39 is 0 Å². The Morgan fingerprint density at radius 2 is 2.00 bits per heavy atom. The van der Waals surface area contributed by atoms with Gasteiger partial charge in [-0.1, -0.05) is 25.8 Å². The quantitative estimate of drug-likeness (QED) is 0.678. The lowest BCUT2D eigenvalue weighted by Crippen LogP contribution is -2.28. The molecule has 124 valence electrons. The van der Waals surface area contributed by atoms with Gasteiger partial charge in [0.05, 0.1) is 12.5 Å². The second-order valence-electron chi connectivity index (χ2n) is 7.45. The molecular formula is C21H30NO+. The van der Waals surface area contributed by atoms with E-state index in [9.17, 15) is 0 Å². The van der Waals surface area contributed by atoms with Gasteiger partial charge in [0.1, 0.15) is 12.3 Å². The second-order valence-corrected chi connectivity index (χ2v) is 7.45. The van der Waals surface area contributed by atoms with Crippen molar-refractivity contribution in [2.75, 3.05) is 13.7 Å². The third-order valence-electron chi connectivity index (χ3n) is 5.47. The highest BCUT2D eigenvalue weighted by molar-refractivity contribution is 6.03. The zero-order valence-electron chi connectivity index (χ0n) is 15.1. The van der Waals surface area contributed by atoms with E-state index in [1.807, 2.05) is 0 Å². The third kappa shape index (κ3) is 2.96. The highest BCUT2D eigenvalue weighted by atomic mass is 16.5. The molecule has 1 aromatic rings. The Morgan fingerprint density at radius 1 is 1.26 bits per heavy atom. The highest BCUT2D eigenvalue weighted by Crippen LogP contribution is 2.42. The first-order valence-corrected chi connectivity index (χ1v) is 9.09. The molecule has 0 radical (unpaired) electrons. The van der Waals surface area contributed by atoms with E-state index in [0.717, 1.165) is 24.6 Å². The van der Waals surface area contributed by atoms with Gasteiger partial charge in [-0.2, -0.15) is 4.58 Å². The Kier molecular flexibility index (Phi) is 4.61. The van der Waals surface area contributed by atoms with Gasteiger partial charge in [-0.3, -0.25) is 0 Å². The van der Waals surface area contributed by atoms with Crippen LogP contribution in [0.5, 0.6) is 5.75 Å². The van der Waals surface area contributed by atoms with Crippen LogP contribution < -0.4 is 4.74 Å². The van der Waals surface area contributed by atoms with Gasteiger partial charge in [0, 0.05) is 24.1 Å². The van der Waals surface area contributed by atoms with Crippen LogP contribution in [0.3, 0.4) is 0 Å². The van der Waals surface area contributed by atoms with E-state index >= 15 is 0 Å². The maximum Gasteiger partial charge on any atom is 0.210 e. The molecule has 0 aromatic heterocycles. The fraction of sp³-hybridized carbons (Fsp3) is 0.571. The molecule has 3 rings (SSSR count). The number of allylic oxidation sites excluding steroid dienone is 2. The molecule has 1 aromatic carbocycles. The van der Waals surface area contributed by atoms with Crippen LogP contribution in [0.15, 0.2) is 30.4 Å². The van der Waals surface area contributed by atoms with Gasteiger partial charge in [-0.05, 0) is 44.7 Å². The molecule has 1 heterocycles. The molecular weight excluding hydrogens is 282 g/mol. The number of hydrogen-bond acceptors (Lipinski definition) is 1. The monoisotopic (exact) mass is 312 g/mol. The van der Waals surface area contributed by atoms with Gasteiger partial charge in [0.15, 0.2) is 5.71 Å². The van der Waals surface area contributed by atoms with Crippen molar-refractivity contribution >= 4 is 11.4 Å². The molecule has 0 bridgehead atoms. The fourth-order valence-electron chi connectivity index (χ4n) is 4.12. The molecule has 0 unspecified atom stereocenters. The molecule has 0 spiro atoms. The summed E-state index contributed by atoms with van der Waals surface area (Å²) in [5.74, 6) is 1.73. The van der Waals surface area contributed by atoms with Crippen molar-refractivity contribution in [3.05, 3.63) is 35.9 Å². The summed E-state index contributed by atoms with van der Waals surface area (Å²) in [6.07, 6.45) is 11.5. The summed E-state index contributed by atoms with van der Waals surface area (Å²) < 4.78 is 7.97. The number of ether oxygens (including phenoxy) is 1. The van der Waals surface area contributed by atoms with Gasteiger partial charge in [0.2, 0.25) is 5.69 Å². The average Bonchev–Trinajstić information content (AvgIpc) is 3.12. The molecule has 2 aliphatic rings. The summed E-state index contributed by atoms with van der Waals surface area (Å²) in [5, 5.41) is 0. The lowest BCUT2D eigenvalue weighted by atomic mass is 9.81. The molecule has 2 nitrogen and oxygen atoms in total. The van der Waals surface area contributed by atoms with E-state index in [4.69, 9.17) is 4.74 Å². The molecule has 0 N–H and O–H groups in total. The first kappa shape index (κ1) is 16.3. The van der Waals surface area contributed by atoms with Gasteiger partial charge in [0.25, 0.3) is 0 Å². The van der Waals surface area contributed by atoms with E-state index in [-0.39, 0.29) is 5.41 Å². The number of nitrogens with zero attached hydrogens (tertiary/aromatic N) is 1.